The van der Waals surface area contributed by atoms with E-state index in [0.29, 0.717) is 10.3 Å². The fourth-order valence-electron chi connectivity index (χ4n) is 4.04. The predicted octanol–water partition coefficient (Wildman–Crippen LogP) is 3.29. The molecule has 1 fully saturated rings. The molecule has 3 aromatic rings. The number of pyridine rings is 1. The number of benzene rings is 1. The van der Waals surface area contributed by atoms with Crippen molar-refractivity contribution < 1.29 is 27.1 Å². The van der Waals surface area contributed by atoms with E-state index in [1.165, 1.54) is 47.7 Å². The molecule has 34 heavy (non-hydrogen) atoms. The van der Waals surface area contributed by atoms with E-state index in [9.17, 15) is 27.6 Å². The number of imidazole rings is 1. The standard InChI is InChI=1S/C23H23F4N5O2/c1-15(31-9-6-23(26,27)19(12-31)16-4-7-32(34)8-5-16)22(33)29-21-13-30(14-28-21)11-17-2-3-18(24)10-20(17)25/h2-5,7-8,10,13-15,19H,6,9,11-12H2,1H3,(H,29,33)/t15?,19-/m1/s1. The van der Waals surface area contributed by atoms with Crippen LogP contribution in [0.25, 0.3) is 0 Å². The van der Waals surface area contributed by atoms with Gasteiger partial charge in [0.25, 0.3) is 5.92 Å². The number of anilines is 1. The number of carbonyl (C=O) groups is 1. The van der Waals surface area contributed by atoms with E-state index in [1.807, 2.05) is 0 Å². The summed E-state index contributed by atoms with van der Waals surface area (Å²) in [6, 6.07) is 5.30. The van der Waals surface area contributed by atoms with Crippen LogP contribution in [0.5, 0.6) is 0 Å². The maximum absolute atomic E-state index is 14.6. The minimum Gasteiger partial charge on any atom is -0.619 e. The van der Waals surface area contributed by atoms with Gasteiger partial charge in [0, 0.05) is 49.5 Å². The number of piperidine rings is 1. The van der Waals surface area contributed by atoms with E-state index < -0.39 is 41.8 Å². The van der Waals surface area contributed by atoms with Gasteiger partial charge in [-0.2, -0.15) is 4.73 Å². The van der Waals surface area contributed by atoms with Gasteiger partial charge in [-0.3, -0.25) is 9.69 Å². The molecule has 0 radical (unpaired) electrons. The molecule has 11 heteroatoms. The van der Waals surface area contributed by atoms with Crippen molar-refractivity contribution in [3.05, 3.63) is 83.2 Å². The quantitative estimate of drug-likeness (QED) is 0.336. The van der Waals surface area contributed by atoms with E-state index in [1.54, 1.807) is 11.8 Å². The second kappa shape index (κ2) is 9.41. The molecule has 1 aliphatic heterocycles. The SMILES string of the molecule is CC(C(=O)Nc1cn(Cc2ccc(F)cc2F)cn1)N1CCC(F)(F)[C@@H](c2cc[n+]([O-])cc2)C1. The molecule has 3 heterocycles. The molecule has 1 unspecified atom stereocenters. The molecule has 4 rings (SSSR count). The fraction of sp³-hybridized carbons (Fsp3) is 0.348. The van der Waals surface area contributed by atoms with Crippen LogP contribution in [0.2, 0.25) is 0 Å². The zero-order valence-corrected chi connectivity index (χ0v) is 18.3. The van der Waals surface area contributed by atoms with E-state index in [0.717, 1.165) is 12.1 Å². The molecular formula is C23H23F4N5O2. The summed E-state index contributed by atoms with van der Waals surface area (Å²) in [5.41, 5.74) is 0.593. The number of halogens is 4. The number of nitrogens with one attached hydrogen (secondary N) is 1. The second-order valence-corrected chi connectivity index (χ2v) is 8.38. The Kier molecular flexibility index (Phi) is 6.56. The number of carbonyl (C=O) groups excluding carboxylic acids is 1. The molecule has 1 amide bonds. The van der Waals surface area contributed by atoms with Crippen LogP contribution in [0.4, 0.5) is 23.4 Å². The highest BCUT2D eigenvalue weighted by atomic mass is 19.3. The number of amides is 1. The zero-order valence-electron chi connectivity index (χ0n) is 18.3. The first kappa shape index (κ1) is 23.7. The van der Waals surface area contributed by atoms with Crippen molar-refractivity contribution in [3.63, 3.8) is 0 Å². The summed E-state index contributed by atoms with van der Waals surface area (Å²) in [5.74, 6) is -5.67. The van der Waals surface area contributed by atoms with Crippen molar-refractivity contribution >= 4 is 11.7 Å². The Morgan fingerprint density at radius 2 is 2.03 bits per heavy atom. The van der Waals surface area contributed by atoms with Gasteiger partial charge in [-0.1, -0.05) is 6.07 Å². The van der Waals surface area contributed by atoms with E-state index in [2.05, 4.69) is 10.3 Å². The Hall–Kier alpha value is -3.47. The summed E-state index contributed by atoms with van der Waals surface area (Å²) < 4.78 is 58.2. The number of alkyl halides is 2. The van der Waals surface area contributed by atoms with Gasteiger partial charge in [0.2, 0.25) is 5.91 Å². The molecule has 1 aromatic carbocycles. The van der Waals surface area contributed by atoms with Gasteiger partial charge >= 0.3 is 0 Å². The maximum atomic E-state index is 14.6. The Balaban J connectivity index is 1.40. The van der Waals surface area contributed by atoms with Crippen molar-refractivity contribution in [2.45, 2.75) is 37.8 Å². The third kappa shape index (κ3) is 5.19. The van der Waals surface area contributed by atoms with Crippen LogP contribution >= 0.6 is 0 Å². The summed E-state index contributed by atoms with van der Waals surface area (Å²) in [4.78, 5) is 18.5. The summed E-state index contributed by atoms with van der Waals surface area (Å²) in [5, 5.41) is 13.9. The lowest BCUT2D eigenvalue weighted by Gasteiger charge is -2.40. The first-order chi connectivity index (χ1) is 16.1. The van der Waals surface area contributed by atoms with Gasteiger partial charge in [0.1, 0.15) is 11.6 Å². The molecule has 1 aliphatic rings. The van der Waals surface area contributed by atoms with Crippen LogP contribution in [0.1, 0.15) is 30.4 Å². The minimum absolute atomic E-state index is 0.0325. The molecule has 0 spiro atoms. The molecule has 2 atom stereocenters. The average Bonchev–Trinajstić information content (AvgIpc) is 3.22. The summed E-state index contributed by atoms with van der Waals surface area (Å²) in [6.07, 6.45) is 4.84. The molecule has 0 bridgehead atoms. The molecular weight excluding hydrogens is 454 g/mol. The van der Waals surface area contributed by atoms with Gasteiger partial charge in [-0.15, -0.1) is 0 Å². The summed E-state index contributed by atoms with van der Waals surface area (Å²) in [7, 11) is 0. The van der Waals surface area contributed by atoms with Crippen LogP contribution in [0.3, 0.4) is 0 Å². The van der Waals surface area contributed by atoms with E-state index in [-0.39, 0.29) is 31.0 Å². The smallest absolute Gasteiger partial charge is 0.257 e. The fourth-order valence-corrected chi connectivity index (χ4v) is 4.04. The van der Waals surface area contributed by atoms with Crippen LogP contribution in [0.15, 0.2) is 55.2 Å². The van der Waals surface area contributed by atoms with Crippen molar-refractivity contribution in [1.29, 1.82) is 0 Å². The topological polar surface area (TPSA) is 77.1 Å². The van der Waals surface area contributed by atoms with Crippen molar-refractivity contribution in [1.82, 2.24) is 14.5 Å². The number of rotatable bonds is 6. The molecule has 1 N–H and O–H groups in total. The molecule has 180 valence electrons. The van der Waals surface area contributed by atoms with Crippen molar-refractivity contribution in [3.8, 4) is 0 Å². The second-order valence-electron chi connectivity index (χ2n) is 8.38. The van der Waals surface area contributed by atoms with Crippen LogP contribution in [-0.4, -0.2) is 45.4 Å². The number of hydrogen-bond donors (Lipinski definition) is 1. The maximum Gasteiger partial charge on any atom is 0.257 e. The predicted molar refractivity (Wildman–Crippen MR) is 115 cm³/mol. The van der Waals surface area contributed by atoms with Gasteiger partial charge in [-0.05, 0) is 18.6 Å². The normalized spacial score (nSPS) is 19.0. The lowest BCUT2D eigenvalue weighted by atomic mass is 9.87. The Bertz CT molecular complexity index is 1170. The van der Waals surface area contributed by atoms with E-state index >= 15 is 0 Å². The monoisotopic (exact) mass is 477 g/mol. The van der Waals surface area contributed by atoms with Crippen LogP contribution in [0, 0.1) is 16.8 Å². The number of aromatic nitrogens is 3. The van der Waals surface area contributed by atoms with Crippen LogP contribution < -0.4 is 10.0 Å². The van der Waals surface area contributed by atoms with Crippen molar-refractivity contribution in [2.24, 2.45) is 0 Å². The average molecular weight is 477 g/mol. The minimum atomic E-state index is -2.96. The first-order valence-corrected chi connectivity index (χ1v) is 10.7. The summed E-state index contributed by atoms with van der Waals surface area (Å²) in [6.45, 7) is 1.69. The molecule has 0 aliphatic carbocycles. The highest BCUT2D eigenvalue weighted by Gasteiger charge is 2.46. The van der Waals surface area contributed by atoms with Gasteiger partial charge in [0.15, 0.2) is 18.2 Å². The molecule has 7 nitrogen and oxygen atoms in total. The Morgan fingerprint density at radius 1 is 1.29 bits per heavy atom. The number of hydrogen-bond acceptors (Lipinski definition) is 4. The van der Waals surface area contributed by atoms with Crippen molar-refractivity contribution in [2.75, 3.05) is 18.4 Å². The molecule has 0 saturated carbocycles. The highest BCUT2D eigenvalue weighted by molar-refractivity contribution is 5.93. The Labute approximate surface area is 193 Å². The van der Waals surface area contributed by atoms with E-state index in [4.69, 9.17) is 0 Å². The van der Waals surface area contributed by atoms with Gasteiger partial charge in [0.05, 0.1) is 24.8 Å². The van der Waals surface area contributed by atoms with Gasteiger partial charge < -0.3 is 15.1 Å². The molecule has 1 saturated heterocycles. The third-order valence-corrected chi connectivity index (χ3v) is 6.07. The molecule has 2 aromatic heterocycles. The largest absolute Gasteiger partial charge is 0.619 e. The Morgan fingerprint density at radius 3 is 2.74 bits per heavy atom. The lowest BCUT2D eigenvalue weighted by molar-refractivity contribution is -0.605. The lowest BCUT2D eigenvalue weighted by Crippen LogP contribution is -2.52. The summed E-state index contributed by atoms with van der Waals surface area (Å²) >= 11 is 0. The number of nitrogens with zero attached hydrogens (tertiary/aromatic N) is 4. The third-order valence-electron chi connectivity index (χ3n) is 6.07. The first-order valence-electron chi connectivity index (χ1n) is 10.7. The highest BCUT2D eigenvalue weighted by Crippen LogP contribution is 2.40. The zero-order chi connectivity index (χ0) is 24.5. The van der Waals surface area contributed by atoms with Gasteiger partial charge in [-0.25, -0.2) is 22.5 Å². The van der Waals surface area contributed by atoms with Crippen LogP contribution in [-0.2, 0) is 11.3 Å². The number of likely N-dealkylation sites (tertiary alicyclic amines) is 1.